The van der Waals surface area contributed by atoms with E-state index in [-0.39, 0.29) is 5.41 Å². The summed E-state index contributed by atoms with van der Waals surface area (Å²) >= 11 is 5.88. The fourth-order valence-corrected chi connectivity index (χ4v) is 2.48. The summed E-state index contributed by atoms with van der Waals surface area (Å²) < 4.78 is 11.6. The zero-order valence-electron chi connectivity index (χ0n) is 12.7. The second kappa shape index (κ2) is 5.82. The van der Waals surface area contributed by atoms with Gasteiger partial charge in [0.2, 0.25) is 0 Å². The Hall–Kier alpha value is -1.71. The van der Waals surface area contributed by atoms with Crippen LogP contribution in [-0.2, 0) is 0 Å². The smallest absolute Gasteiger partial charge is 0.161 e. The van der Waals surface area contributed by atoms with Gasteiger partial charge < -0.3 is 14.6 Å². The van der Waals surface area contributed by atoms with Crippen molar-refractivity contribution in [2.45, 2.75) is 20.0 Å². The maximum absolute atomic E-state index is 10.5. The van der Waals surface area contributed by atoms with Gasteiger partial charge in [0.1, 0.15) is 6.10 Å². The van der Waals surface area contributed by atoms with E-state index in [1.807, 2.05) is 30.3 Å². The molecule has 4 heteroatoms. The second-order valence-electron chi connectivity index (χ2n) is 6.40. The average Bonchev–Trinajstić information content (AvgIpc) is 2.66. The Kier molecular flexibility index (Phi) is 4.02. The monoisotopic (exact) mass is 318 g/mol. The van der Waals surface area contributed by atoms with Crippen molar-refractivity contribution in [3.63, 3.8) is 0 Å². The highest BCUT2D eigenvalue weighted by Crippen LogP contribution is 2.36. The van der Waals surface area contributed by atoms with Crippen LogP contribution in [0.5, 0.6) is 11.5 Å². The minimum Gasteiger partial charge on any atom is -0.489 e. The molecule has 1 heterocycles. The van der Waals surface area contributed by atoms with Crippen LogP contribution in [0.3, 0.4) is 0 Å². The molecule has 22 heavy (non-hydrogen) atoms. The van der Waals surface area contributed by atoms with Crippen LogP contribution in [0.2, 0.25) is 5.02 Å². The molecule has 116 valence electrons. The number of rotatable bonds is 2. The number of halogens is 1. The van der Waals surface area contributed by atoms with Crippen molar-refractivity contribution >= 4 is 11.6 Å². The highest BCUT2D eigenvalue weighted by atomic mass is 35.5. The van der Waals surface area contributed by atoms with E-state index in [2.05, 4.69) is 13.8 Å². The Morgan fingerprint density at radius 2 is 1.55 bits per heavy atom. The van der Waals surface area contributed by atoms with Gasteiger partial charge in [0.25, 0.3) is 0 Å². The van der Waals surface area contributed by atoms with Crippen LogP contribution >= 0.6 is 11.6 Å². The molecular weight excluding hydrogens is 300 g/mol. The van der Waals surface area contributed by atoms with Crippen molar-refractivity contribution in [3.05, 3.63) is 58.6 Å². The van der Waals surface area contributed by atoms with E-state index in [0.29, 0.717) is 24.0 Å². The van der Waals surface area contributed by atoms with Crippen LogP contribution in [-0.4, -0.2) is 18.3 Å². The van der Waals surface area contributed by atoms with E-state index in [9.17, 15) is 5.11 Å². The average molecular weight is 319 g/mol. The van der Waals surface area contributed by atoms with E-state index in [1.165, 1.54) is 0 Å². The molecule has 0 radical (unpaired) electrons. The van der Waals surface area contributed by atoms with Gasteiger partial charge in [0.05, 0.1) is 13.2 Å². The van der Waals surface area contributed by atoms with E-state index in [1.54, 1.807) is 12.1 Å². The van der Waals surface area contributed by atoms with Gasteiger partial charge in [-0.15, -0.1) is 0 Å². The normalized spacial score (nSPS) is 17.6. The summed E-state index contributed by atoms with van der Waals surface area (Å²) in [6, 6.07) is 12.7. The van der Waals surface area contributed by atoms with Crippen LogP contribution in [0.1, 0.15) is 31.1 Å². The topological polar surface area (TPSA) is 38.7 Å². The van der Waals surface area contributed by atoms with Gasteiger partial charge in [-0.05, 0) is 35.4 Å². The summed E-state index contributed by atoms with van der Waals surface area (Å²) in [5, 5.41) is 11.2. The maximum atomic E-state index is 10.5. The van der Waals surface area contributed by atoms with Crippen molar-refractivity contribution in [1.29, 1.82) is 0 Å². The Balaban J connectivity index is 1.87. The quantitative estimate of drug-likeness (QED) is 0.901. The minimum absolute atomic E-state index is 0.0338. The summed E-state index contributed by atoms with van der Waals surface area (Å²) in [6.45, 7) is 5.39. The SMILES string of the molecule is CC1(C)COc2ccc([C@H](O)c3ccc(Cl)cc3)cc2OC1. The zero-order chi connectivity index (χ0) is 15.7. The molecule has 1 aliphatic heterocycles. The number of aliphatic hydroxyl groups excluding tert-OH is 1. The third-order valence-electron chi connectivity index (χ3n) is 3.71. The van der Waals surface area contributed by atoms with E-state index in [0.717, 1.165) is 16.9 Å². The fraction of sp³-hybridized carbons (Fsp3) is 0.333. The van der Waals surface area contributed by atoms with Gasteiger partial charge in [0.15, 0.2) is 11.5 Å². The predicted octanol–water partition coefficient (Wildman–Crippen LogP) is 4.22. The molecule has 1 N–H and O–H groups in total. The number of fused-ring (bicyclic) bond motifs is 1. The van der Waals surface area contributed by atoms with Crippen LogP contribution in [0, 0.1) is 5.41 Å². The summed E-state index contributed by atoms with van der Waals surface area (Å²) in [7, 11) is 0. The molecule has 0 saturated heterocycles. The lowest BCUT2D eigenvalue weighted by atomic mass is 9.97. The van der Waals surface area contributed by atoms with Crippen molar-refractivity contribution in [2.24, 2.45) is 5.41 Å². The fourth-order valence-electron chi connectivity index (χ4n) is 2.35. The summed E-state index contributed by atoms with van der Waals surface area (Å²) in [5.41, 5.74) is 1.53. The third kappa shape index (κ3) is 3.21. The number of ether oxygens (including phenoxy) is 2. The molecule has 2 aromatic carbocycles. The molecule has 0 aromatic heterocycles. The van der Waals surface area contributed by atoms with E-state index < -0.39 is 6.10 Å². The lowest BCUT2D eigenvalue weighted by Gasteiger charge is -2.19. The largest absolute Gasteiger partial charge is 0.489 e. The first-order valence-electron chi connectivity index (χ1n) is 7.28. The van der Waals surface area contributed by atoms with E-state index in [4.69, 9.17) is 21.1 Å². The molecule has 0 spiro atoms. The third-order valence-corrected chi connectivity index (χ3v) is 3.96. The first kappa shape index (κ1) is 15.2. The first-order valence-corrected chi connectivity index (χ1v) is 7.65. The molecule has 0 bridgehead atoms. The number of hydrogen-bond acceptors (Lipinski definition) is 3. The summed E-state index contributed by atoms with van der Waals surface area (Å²) in [6.07, 6.45) is -0.720. The van der Waals surface area contributed by atoms with Crippen LogP contribution in [0.15, 0.2) is 42.5 Å². The number of benzene rings is 2. The molecular formula is C18H19ClO3. The van der Waals surface area contributed by atoms with Crippen LogP contribution < -0.4 is 9.47 Å². The van der Waals surface area contributed by atoms with Gasteiger partial charge in [-0.1, -0.05) is 43.6 Å². The summed E-state index contributed by atoms with van der Waals surface area (Å²) in [5.74, 6) is 1.40. The molecule has 1 aliphatic rings. The first-order chi connectivity index (χ1) is 10.4. The Labute approximate surface area is 135 Å². The molecule has 3 rings (SSSR count). The zero-order valence-corrected chi connectivity index (χ0v) is 13.4. The molecule has 0 amide bonds. The second-order valence-corrected chi connectivity index (χ2v) is 6.84. The highest BCUT2D eigenvalue weighted by molar-refractivity contribution is 6.30. The lowest BCUT2D eigenvalue weighted by Crippen LogP contribution is -2.26. The van der Waals surface area contributed by atoms with Crippen LogP contribution in [0.25, 0.3) is 0 Å². The summed E-state index contributed by atoms with van der Waals surface area (Å²) in [4.78, 5) is 0. The Morgan fingerprint density at radius 1 is 0.955 bits per heavy atom. The standard InChI is InChI=1S/C18H19ClO3/c1-18(2)10-21-15-8-5-13(9-16(15)22-11-18)17(20)12-3-6-14(19)7-4-12/h3-9,17,20H,10-11H2,1-2H3/t17-/m1/s1. The van der Waals surface area contributed by atoms with Gasteiger partial charge in [-0.25, -0.2) is 0 Å². The predicted molar refractivity (Wildman–Crippen MR) is 86.7 cm³/mol. The lowest BCUT2D eigenvalue weighted by molar-refractivity contribution is 0.140. The number of aliphatic hydroxyl groups is 1. The molecule has 0 fully saturated rings. The van der Waals surface area contributed by atoms with Gasteiger partial charge in [-0.2, -0.15) is 0 Å². The Morgan fingerprint density at radius 3 is 2.23 bits per heavy atom. The molecule has 2 aromatic rings. The van der Waals surface area contributed by atoms with Crippen LogP contribution in [0.4, 0.5) is 0 Å². The molecule has 0 aliphatic carbocycles. The Bertz CT molecular complexity index is 665. The molecule has 0 saturated carbocycles. The van der Waals surface area contributed by atoms with Gasteiger partial charge >= 0.3 is 0 Å². The maximum Gasteiger partial charge on any atom is 0.161 e. The highest BCUT2D eigenvalue weighted by Gasteiger charge is 2.25. The van der Waals surface area contributed by atoms with Crippen molar-refractivity contribution < 1.29 is 14.6 Å². The van der Waals surface area contributed by atoms with Gasteiger partial charge in [-0.3, -0.25) is 0 Å². The van der Waals surface area contributed by atoms with Crippen molar-refractivity contribution in [1.82, 2.24) is 0 Å². The van der Waals surface area contributed by atoms with Crippen molar-refractivity contribution in [3.8, 4) is 11.5 Å². The molecule has 1 atom stereocenters. The van der Waals surface area contributed by atoms with Crippen molar-refractivity contribution in [2.75, 3.05) is 13.2 Å². The minimum atomic E-state index is -0.720. The molecule has 0 unspecified atom stereocenters. The van der Waals surface area contributed by atoms with Gasteiger partial charge in [0, 0.05) is 10.4 Å². The molecule has 3 nitrogen and oxygen atoms in total. The number of hydrogen-bond donors (Lipinski definition) is 1. The van der Waals surface area contributed by atoms with E-state index >= 15 is 0 Å².